The summed E-state index contributed by atoms with van der Waals surface area (Å²) in [5.41, 5.74) is 4.14. The van der Waals surface area contributed by atoms with E-state index < -0.39 is 42.8 Å². The lowest BCUT2D eigenvalue weighted by Crippen LogP contribution is -2.53. The molecular weight excluding hydrogens is 458 g/mol. The number of nitrogens with zero attached hydrogens (tertiary/aromatic N) is 1. The van der Waals surface area contributed by atoms with E-state index in [-0.39, 0.29) is 38.0 Å². The van der Waals surface area contributed by atoms with Crippen molar-refractivity contribution in [1.82, 2.24) is 10.2 Å². The minimum atomic E-state index is -2.81. The number of hydrogen-bond donors (Lipinski definition) is 2. The van der Waals surface area contributed by atoms with Crippen LogP contribution in [0.4, 0.5) is 13.6 Å². The Kier molecular flexibility index (Phi) is 7.33. The maximum absolute atomic E-state index is 13.2. The van der Waals surface area contributed by atoms with Crippen LogP contribution in [0.25, 0.3) is 11.1 Å². The number of benzene rings is 2. The van der Waals surface area contributed by atoms with Crippen LogP contribution in [0.15, 0.2) is 48.5 Å². The molecule has 0 aromatic heterocycles. The first-order valence-corrected chi connectivity index (χ1v) is 11.7. The summed E-state index contributed by atoms with van der Waals surface area (Å²) in [7, 11) is 0. The zero-order valence-corrected chi connectivity index (χ0v) is 19.3. The molecule has 2 amide bonds. The van der Waals surface area contributed by atoms with Gasteiger partial charge >= 0.3 is 12.1 Å². The second-order valence-corrected chi connectivity index (χ2v) is 9.14. The van der Waals surface area contributed by atoms with E-state index in [0.29, 0.717) is 0 Å². The largest absolute Gasteiger partial charge is 0.481 e. The molecule has 2 aromatic carbocycles. The number of piperidine rings is 1. The van der Waals surface area contributed by atoms with Crippen LogP contribution in [0.1, 0.15) is 36.8 Å². The number of likely N-dealkylation sites (tertiary alicyclic amines) is 1. The molecule has 1 saturated heterocycles. The van der Waals surface area contributed by atoms with E-state index in [9.17, 15) is 28.3 Å². The molecule has 2 aromatic rings. The van der Waals surface area contributed by atoms with Crippen molar-refractivity contribution < 1.29 is 33.0 Å². The average molecular weight is 487 g/mol. The number of carboxylic acids is 1. The Morgan fingerprint density at radius 3 is 2.23 bits per heavy atom. The van der Waals surface area contributed by atoms with E-state index >= 15 is 0 Å². The molecule has 1 aliphatic carbocycles. The number of halogens is 2. The quantitative estimate of drug-likeness (QED) is 0.614. The van der Waals surface area contributed by atoms with Gasteiger partial charge < -0.3 is 20.1 Å². The van der Waals surface area contributed by atoms with Gasteiger partial charge in [0.1, 0.15) is 12.6 Å². The number of carbonyl (C=O) groups is 3. The lowest BCUT2D eigenvalue weighted by molar-refractivity contribution is -0.149. The molecule has 7 nitrogen and oxygen atoms in total. The number of rotatable bonds is 7. The van der Waals surface area contributed by atoms with Gasteiger partial charge in [0, 0.05) is 25.4 Å². The van der Waals surface area contributed by atoms with Crippen LogP contribution in [-0.4, -0.2) is 60.1 Å². The number of hydrogen-bond acceptors (Lipinski definition) is 4. The summed E-state index contributed by atoms with van der Waals surface area (Å²) in [6, 6.07) is 14.2. The Hall–Kier alpha value is -3.49. The predicted octanol–water partition coefficient (Wildman–Crippen LogP) is 4.12. The molecule has 0 saturated carbocycles. The lowest BCUT2D eigenvalue weighted by atomic mass is 9.86. The Balaban J connectivity index is 1.41. The zero-order chi connectivity index (χ0) is 25.1. The van der Waals surface area contributed by atoms with Crippen molar-refractivity contribution >= 4 is 18.0 Å². The van der Waals surface area contributed by atoms with Crippen LogP contribution < -0.4 is 5.32 Å². The molecule has 4 rings (SSSR count). The van der Waals surface area contributed by atoms with Crippen molar-refractivity contribution in [2.24, 2.45) is 11.8 Å². The second kappa shape index (κ2) is 10.4. The number of alkyl carbamates (subject to hydrolysis) is 1. The first-order chi connectivity index (χ1) is 16.8. The Morgan fingerprint density at radius 1 is 1.09 bits per heavy atom. The fourth-order valence-corrected chi connectivity index (χ4v) is 5.12. The average Bonchev–Trinajstić information content (AvgIpc) is 3.15. The summed E-state index contributed by atoms with van der Waals surface area (Å²) in [6.07, 6.45) is -4.38. The lowest BCUT2D eigenvalue weighted by Gasteiger charge is -2.36. The Labute approximate surface area is 202 Å². The van der Waals surface area contributed by atoms with Crippen molar-refractivity contribution in [2.45, 2.75) is 38.2 Å². The number of fused-ring (bicyclic) bond motifs is 3. The van der Waals surface area contributed by atoms with Crippen LogP contribution in [0.5, 0.6) is 0 Å². The summed E-state index contributed by atoms with van der Waals surface area (Å²) >= 11 is 0. The van der Waals surface area contributed by atoms with Gasteiger partial charge in [-0.05, 0) is 34.6 Å². The normalized spacial score (nSPS) is 20.2. The third-order valence-corrected chi connectivity index (χ3v) is 6.88. The van der Waals surface area contributed by atoms with Crippen LogP contribution in [0.3, 0.4) is 0 Å². The first-order valence-electron chi connectivity index (χ1n) is 11.7. The maximum Gasteiger partial charge on any atom is 0.407 e. The summed E-state index contributed by atoms with van der Waals surface area (Å²) < 4.78 is 31.9. The standard InChI is InChI=1S/C26H28F2N2O5/c1-15-13-30(11-10-16(15)25(32)33)24(31)22(12-23(27)28)29-26(34)35-14-21-19-8-4-2-6-17(19)18-7-3-5-9-20(18)21/h2-9,15-16,21-23H,10-14H2,1H3,(H,29,34)(H,32,33). The topological polar surface area (TPSA) is 95.9 Å². The van der Waals surface area contributed by atoms with Crippen molar-refractivity contribution in [2.75, 3.05) is 19.7 Å². The molecule has 186 valence electrons. The molecule has 9 heteroatoms. The summed E-state index contributed by atoms with van der Waals surface area (Å²) in [4.78, 5) is 38.2. The zero-order valence-electron chi connectivity index (χ0n) is 19.3. The molecule has 3 atom stereocenters. The van der Waals surface area contributed by atoms with Crippen molar-refractivity contribution in [1.29, 1.82) is 0 Å². The van der Waals surface area contributed by atoms with Gasteiger partial charge in [-0.1, -0.05) is 55.5 Å². The molecule has 2 N–H and O–H groups in total. The van der Waals surface area contributed by atoms with Gasteiger partial charge in [-0.2, -0.15) is 0 Å². The van der Waals surface area contributed by atoms with Gasteiger partial charge in [0.2, 0.25) is 12.3 Å². The van der Waals surface area contributed by atoms with E-state index in [1.165, 1.54) is 4.90 Å². The second-order valence-electron chi connectivity index (χ2n) is 9.14. The molecule has 0 bridgehead atoms. The number of carbonyl (C=O) groups excluding carboxylic acids is 2. The number of aliphatic carboxylic acids is 1. The highest BCUT2D eigenvalue weighted by Gasteiger charge is 2.37. The molecule has 1 heterocycles. The van der Waals surface area contributed by atoms with E-state index in [0.717, 1.165) is 22.3 Å². The molecule has 2 aliphatic rings. The maximum atomic E-state index is 13.2. The van der Waals surface area contributed by atoms with Gasteiger partial charge in [0.15, 0.2) is 0 Å². The van der Waals surface area contributed by atoms with Crippen LogP contribution in [0, 0.1) is 11.8 Å². The van der Waals surface area contributed by atoms with E-state index in [1.54, 1.807) is 6.92 Å². The minimum absolute atomic E-state index is 0.00348. The minimum Gasteiger partial charge on any atom is -0.481 e. The van der Waals surface area contributed by atoms with E-state index in [4.69, 9.17) is 4.74 Å². The molecule has 1 aliphatic heterocycles. The third kappa shape index (κ3) is 5.28. The summed E-state index contributed by atoms with van der Waals surface area (Å²) in [5.74, 6) is -2.72. The molecular formula is C26H28F2N2O5. The fraction of sp³-hybridized carbons (Fsp3) is 0.423. The summed E-state index contributed by atoms with van der Waals surface area (Å²) in [6.45, 7) is 1.96. The molecule has 3 unspecified atom stereocenters. The highest BCUT2D eigenvalue weighted by Crippen LogP contribution is 2.44. The predicted molar refractivity (Wildman–Crippen MR) is 124 cm³/mol. The van der Waals surface area contributed by atoms with Crippen LogP contribution >= 0.6 is 0 Å². The SMILES string of the molecule is CC1CN(C(=O)C(CC(F)F)NC(=O)OCC2c3ccccc3-c3ccccc32)CCC1C(=O)O. The van der Waals surface area contributed by atoms with Gasteiger partial charge in [-0.3, -0.25) is 9.59 Å². The first kappa shape index (κ1) is 24.6. The van der Waals surface area contributed by atoms with Crippen molar-refractivity contribution in [3.8, 4) is 11.1 Å². The Bertz CT molecular complexity index is 1060. The van der Waals surface area contributed by atoms with Crippen LogP contribution in [0.2, 0.25) is 0 Å². The number of nitrogens with one attached hydrogen (secondary N) is 1. The van der Waals surface area contributed by atoms with E-state index in [1.807, 2.05) is 48.5 Å². The smallest absolute Gasteiger partial charge is 0.407 e. The Morgan fingerprint density at radius 2 is 1.69 bits per heavy atom. The third-order valence-electron chi connectivity index (χ3n) is 6.88. The number of alkyl halides is 2. The molecule has 35 heavy (non-hydrogen) atoms. The molecule has 0 spiro atoms. The van der Waals surface area contributed by atoms with Crippen molar-refractivity contribution in [3.05, 3.63) is 59.7 Å². The monoisotopic (exact) mass is 486 g/mol. The van der Waals surface area contributed by atoms with Crippen LogP contribution in [-0.2, 0) is 14.3 Å². The van der Waals surface area contributed by atoms with Gasteiger partial charge in [-0.25, -0.2) is 13.6 Å². The van der Waals surface area contributed by atoms with Gasteiger partial charge in [-0.15, -0.1) is 0 Å². The number of amides is 2. The molecule has 0 radical (unpaired) electrons. The van der Waals surface area contributed by atoms with Crippen molar-refractivity contribution in [3.63, 3.8) is 0 Å². The van der Waals surface area contributed by atoms with E-state index in [2.05, 4.69) is 5.32 Å². The number of carboxylic acid groups (broad SMARTS) is 1. The van der Waals surface area contributed by atoms with Gasteiger partial charge in [0.25, 0.3) is 0 Å². The fourth-order valence-electron chi connectivity index (χ4n) is 5.12. The van der Waals surface area contributed by atoms with Gasteiger partial charge in [0.05, 0.1) is 5.92 Å². The summed E-state index contributed by atoms with van der Waals surface area (Å²) in [5, 5.41) is 11.6. The highest BCUT2D eigenvalue weighted by molar-refractivity contribution is 5.86. The molecule has 1 fully saturated rings. The number of ether oxygens (including phenoxy) is 1. The highest BCUT2D eigenvalue weighted by atomic mass is 19.3.